The van der Waals surface area contributed by atoms with E-state index in [2.05, 4.69) is 0 Å². The number of nitrogens with zero attached hydrogens (tertiary/aromatic N) is 1. The van der Waals surface area contributed by atoms with Gasteiger partial charge in [-0.05, 0) is 30.7 Å². The predicted octanol–water partition coefficient (Wildman–Crippen LogP) is 2.48. The van der Waals surface area contributed by atoms with Gasteiger partial charge in [0, 0.05) is 12.1 Å². The molecule has 2 aromatic rings. The van der Waals surface area contributed by atoms with Gasteiger partial charge in [-0.1, -0.05) is 12.1 Å². The third-order valence-electron chi connectivity index (χ3n) is 2.66. The first-order valence-electron chi connectivity index (χ1n) is 7.22. The van der Waals surface area contributed by atoms with Gasteiger partial charge in [0.1, 0.15) is 7.12 Å². The number of hydrogen-bond donors (Lipinski definition) is 0. The van der Waals surface area contributed by atoms with Crippen molar-refractivity contribution in [3.8, 4) is 5.75 Å². The van der Waals surface area contributed by atoms with E-state index in [-0.39, 0.29) is 16.5 Å². The van der Waals surface area contributed by atoms with Gasteiger partial charge in [0.2, 0.25) is 0 Å². The number of benzene rings is 1. The van der Waals surface area contributed by atoms with Crippen LogP contribution >= 0.6 is 0 Å². The van der Waals surface area contributed by atoms with E-state index in [9.17, 15) is 5.21 Å². The first-order valence-corrected chi connectivity index (χ1v) is 5.22. The highest BCUT2D eigenvalue weighted by Crippen LogP contribution is 2.23. The standard InChI is InChI=1S/C14H15NO2/c1-11(14-5-3-4-10-15(14)16)12-6-8-13(17-2)9-7-12/h3-11H,1-2H3/i3D,4D,5D,10D. The smallest absolute Gasteiger partial charge is 0.199 e. The Labute approximate surface area is 106 Å². The zero-order valence-corrected chi connectivity index (χ0v) is 9.65. The van der Waals surface area contributed by atoms with Crippen LogP contribution in [0.15, 0.2) is 48.6 Å². The third-order valence-corrected chi connectivity index (χ3v) is 2.66. The molecule has 1 atom stereocenters. The molecule has 0 aliphatic rings. The highest BCUT2D eigenvalue weighted by molar-refractivity contribution is 5.32. The molecule has 0 aliphatic heterocycles. The molecule has 0 saturated carbocycles. The van der Waals surface area contributed by atoms with Crippen LogP contribution in [0.5, 0.6) is 5.75 Å². The van der Waals surface area contributed by atoms with Crippen molar-refractivity contribution in [1.29, 1.82) is 0 Å². The molecule has 0 radical (unpaired) electrons. The molecule has 0 saturated heterocycles. The van der Waals surface area contributed by atoms with E-state index in [1.807, 2.05) is 0 Å². The molecule has 1 heterocycles. The maximum absolute atomic E-state index is 12.1. The second-order valence-electron chi connectivity index (χ2n) is 3.66. The Morgan fingerprint density at radius 3 is 2.65 bits per heavy atom. The van der Waals surface area contributed by atoms with Gasteiger partial charge >= 0.3 is 0 Å². The van der Waals surface area contributed by atoms with Crippen LogP contribution in [0, 0.1) is 5.21 Å². The zero-order valence-electron chi connectivity index (χ0n) is 13.7. The van der Waals surface area contributed by atoms with Gasteiger partial charge in [0.25, 0.3) is 0 Å². The van der Waals surface area contributed by atoms with E-state index in [0.29, 0.717) is 5.75 Å². The van der Waals surface area contributed by atoms with Crippen LogP contribution in [0.25, 0.3) is 0 Å². The Bertz CT molecular complexity index is 645. The maximum Gasteiger partial charge on any atom is 0.199 e. The third kappa shape index (κ3) is 2.38. The molecule has 0 aliphatic carbocycles. The molecular formula is C14H15NO2. The minimum absolute atomic E-state index is 0.00571. The Morgan fingerprint density at radius 2 is 2.00 bits per heavy atom. The Balaban J connectivity index is 2.55. The molecule has 1 aromatic carbocycles. The average Bonchev–Trinajstić information content (AvgIpc) is 2.51. The second kappa shape index (κ2) is 4.87. The maximum atomic E-state index is 12.1. The lowest BCUT2D eigenvalue weighted by molar-refractivity contribution is -0.614. The van der Waals surface area contributed by atoms with Crippen LogP contribution in [-0.4, -0.2) is 7.11 Å². The first kappa shape index (κ1) is 7.33. The van der Waals surface area contributed by atoms with Gasteiger partial charge in [0.15, 0.2) is 11.9 Å². The number of rotatable bonds is 3. The molecule has 0 fully saturated rings. The van der Waals surface area contributed by atoms with Crippen LogP contribution < -0.4 is 9.47 Å². The fourth-order valence-electron chi connectivity index (χ4n) is 1.62. The molecular weight excluding hydrogens is 214 g/mol. The fourth-order valence-corrected chi connectivity index (χ4v) is 1.62. The summed E-state index contributed by atoms with van der Waals surface area (Å²) in [5.74, 6) is 0.214. The summed E-state index contributed by atoms with van der Waals surface area (Å²) in [7, 11) is 1.55. The summed E-state index contributed by atoms with van der Waals surface area (Å²) in [6, 6.07) is 5.78. The molecule has 17 heavy (non-hydrogen) atoms. The predicted molar refractivity (Wildman–Crippen MR) is 65.9 cm³/mol. The van der Waals surface area contributed by atoms with Gasteiger partial charge in [-0.2, -0.15) is 4.73 Å². The number of ether oxygens (including phenoxy) is 1. The van der Waals surface area contributed by atoms with Gasteiger partial charge < -0.3 is 9.94 Å². The topological polar surface area (TPSA) is 36.2 Å². The summed E-state index contributed by atoms with van der Waals surface area (Å²) >= 11 is 0. The molecule has 0 N–H and O–H groups in total. The number of aromatic nitrogens is 1. The highest BCUT2D eigenvalue weighted by Gasteiger charge is 2.15. The quantitative estimate of drug-likeness (QED) is 0.603. The molecule has 0 spiro atoms. The minimum atomic E-state index is -0.605. The van der Waals surface area contributed by atoms with Gasteiger partial charge in [0.05, 0.1) is 17.1 Å². The van der Waals surface area contributed by atoms with E-state index in [0.717, 1.165) is 5.56 Å². The second-order valence-corrected chi connectivity index (χ2v) is 3.66. The molecule has 1 aromatic heterocycles. The van der Waals surface area contributed by atoms with Crippen molar-refractivity contribution in [2.75, 3.05) is 7.11 Å². The molecule has 3 nitrogen and oxygen atoms in total. The molecule has 3 heteroatoms. The number of hydrogen-bond acceptors (Lipinski definition) is 2. The van der Waals surface area contributed by atoms with E-state index < -0.39 is 24.2 Å². The molecule has 0 amide bonds. The van der Waals surface area contributed by atoms with Crippen molar-refractivity contribution in [3.63, 3.8) is 0 Å². The molecule has 0 bridgehead atoms. The first-order chi connectivity index (χ1) is 9.88. The average molecular weight is 233 g/mol. The molecule has 1 unspecified atom stereocenters. The summed E-state index contributed by atoms with van der Waals surface area (Å²) in [4.78, 5) is 0. The van der Waals surface area contributed by atoms with Gasteiger partial charge in [-0.15, -0.1) is 0 Å². The summed E-state index contributed by atoms with van der Waals surface area (Å²) in [6.07, 6.45) is -0.605. The van der Waals surface area contributed by atoms with Crippen LogP contribution in [0.2, 0.25) is 0 Å². The lowest BCUT2D eigenvalue weighted by Gasteiger charge is -2.12. The van der Waals surface area contributed by atoms with Gasteiger partial charge in [-0.25, -0.2) is 0 Å². The monoisotopic (exact) mass is 233 g/mol. The van der Waals surface area contributed by atoms with Crippen LogP contribution in [0.1, 0.15) is 29.6 Å². The largest absolute Gasteiger partial charge is 0.618 e. The van der Waals surface area contributed by atoms with E-state index in [4.69, 9.17) is 10.2 Å². The van der Waals surface area contributed by atoms with Crippen molar-refractivity contribution >= 4 is 0 Å². The van der Waals surface area contributed by atoms with E-state index in [1.165, 1.54) is 0 Å². The van der Waals surface area contributed by atoms with Crippen LogP contribution in [0.4, 0.5) is 0 Å². The van der Waals surface area contributed by atoms with Crippen LogP contribution in [-0.2, 0) is 0 Å². The van der Waals surface area contributed by atoms with Crippen molar-refractivity contribution in [3.05, 3.63) is 65.0 Å². The minimum Gasteiger partial charge on any atom is -0.618 e. The van der Waals surface area contributed by atoms with Crippen molar-refractivity contribution in [2.45, 2.75) is 12.8 Å². The summed E-state index contributed by atoms with van der Waals surface area (Å²) in [5.41, 5.74) is 0.775. The van der Waals surface area contributed by atoms with Crippen molar-refractivity contribution in [1.82, 2.24) is 0 Å². The van der Waals surface area contributed by atoms with Crippen LogP contribution in [0.3, 0.4) is 0 Å². The fraction of sp³-hybridized carbons (Fsp3) is 0.214. The molecule has 2 rings (SSSR count). The summed E-state index contributed by atoms with van der Waals surface area (Å²) in [5, 5.41) is 12.1. The van der Waals surface area contributed by atoms with Crippen molar-refractivity contribution in [2.24, 2.45) is 0 Å². The van der Waals surface area contributed by atoms with E-state index in [1.54, 1.807) is 38.3 Å². The summed E-state index contributed by atoms with van der Waals surface area (Å²) < 4.78 is 36.0. The normalized spacial score (nSPS) is 15.4. The number of methoxy groups -OCH3 is 1. The summed E-state index contributed by atoms with van der Waals surface area (Å²) in [6.45, 7) is 1.73. The Morgan fingerprint density at radius 1 is 1.29 bits per heavy atom. The highest BCUT2D eigenvalue weighted by atomic mass is 16.5. The Kier molecular flexibility index (Phi) is 2.10. The zero-order chi connectivity index (χ0) is 15.7. The Hall–Kier alpha value is -2.03. The SMILES string of the molecule is [2H]c1c([2H])c([2H])[n+]([O-])c(C(C)c2ccc(OC)cc2)c1[2H]. The number of pyridine rings is 1. The van der Waals surface area contributed by atoms with E-state index >= 15 is 0 Å². The lowest BCUT2D eigenvalue weighted by Crippen LogP contribution is -2.32. The lowest BCUT2D eigenvalue weighted by atomic mass is 9.97. The molecule has 88 valence electrons. The van der Waals surface area contributed by atoms with Crippen molar-refractivity contribution < 1.29 is 15.0 Å². The van der Waals surface area contributed by atoms with Gasteiger partial charge in [-0.3, -0.25) is 0 Å².